The van der Waals surface area contributed by atoms with E-state index in [1.807, 2.05) is 31.2 Å². The molecule has 0 spiro atoms. The summed E-state index contributed by atoms with van der Waals surface area (Å²) in [5.41, 5.74) is 4.21. The monoisotopic (exact) mass is 509 g/mol. The van der Waals surface area contributed by atoms with Gasteiger partial charge in [-0.3, -0.25) is 9.59 Å². The highest BCUT2D eigenvalue weighted by atomic mass is 35.5. The van der Waals surface area contributed by atoms with Crippen LogP contribution in [-0.2, 0) is 10.5 Å². The van der Waals surface area contributed by atoms with Crippen molar-refractivity contribution in [2.75, 3.05) is 5.32 Å². The third-order valence-electron chi connectivity index (χ3n) is 6.49. The number of thioether (sulfide) groups is 1. The third-order valence-corrected chi connectivity index (χ3v) is 7.76. The maximum atomic E-state index is 13.4. The molecular weight excluding hydrogens is 485 g/mol. The van der Waals surface area contributed by atoms with Gasteiger partial charge in [0.2, 0.25) is 0 Å². The number of nitrogens with zero attached hydrogens (tertiary/aromatic N) is 1. The number of fused-ring (bicyclic) bond motifs is 1. The van der Waals surface area contributed by atoms with Gasteiger partial charge in [-0.05, 0) is 42.0 Å². The second-order valence-corrected chi connectivity index (χ2v) is 11.3. The quantitative estimate of drug-likeness (QED) is 0.316. The van der Waals surface area contributed by atoms with Gasteiger partial charge in [-0.1, -0.05) is 73.1 Å². The maximum Gasteiger partial charge on any atom is 0.257 e. The summed E-state index contributed by atoms with van der Waals surface area (Å²) in [6.07, 6.45) is 1.13. The number of Topliss-reactive ketones (excluding diaryl/α,β-unsaturated/α-hetero) is 1. The summed E-state index contributed by atoms with van der Waals surface area (Å²) in [7, 11) is 0. The summed E-state index contributed by atoms with van der Waals surface area (Å²) in [6.45, 7) is 6.15. The van der Waals surface area contributed by atoms with Crippen LogP contribution in [0.4, 0.5) is 10.2 Å². The van der Waals surface area contributed by atoms with E-state index in [1.54, 1.807) is 6.07 Å². The summed E-state index contributed by atoms with van der Waals surface area (Å²) in [6, 6.07) is 12.2. The number of halogens is 2. The van der Waals surface area contributed by atoms with E-state index in [2.05, 4.69) is 24.1 Å². The molecule has 0 fully saturated rings. The molecule has 1 aromatic heterocycles. The van der Waals surface area contributed by atoms with Crippen LogP contribution in [0.15, 0.2) is 63.7 Å². The molecule has 5 rings (SSSR count). The van der Waals surface area contributed by atoms with E-state index in [9.17, 15) is 14.0 Å². The van der Waals surface area contributed by atoms with Crippen LogP contribution in [0.25, 0.3) is 0 Å². The van der Waals surface area contributed by atoms with Gasteiger partial charge in [-0.25, -0.2) is 9.37 Å². The number of benzene rings is 2. The predicted molar refractivity (Wildman–Crippen MR) is 138 cm³/mol. The average molecular weight is 510 g/mol. The van der Waals surface area contributed by atoms with E-state index >= 15 is 0 Å². The lowest BCUT2D eigenvalue weighted by atomic mass is 9.69. The Morgan fingerprint density at radius 2 is 1.89 bits per heavy atom. The van der Waals surface area contributed by atoms with Crippen molar-refractivity contribution >= 4 is 35.0 Å². The summed E-state index contributed by atoms with van der Waals surface area (Å²) in [5.74, 6) is 0.0682. The standard InChI is InChI=1S/C27H25ClFN3O2S/c1-14-4-6-15(7-5-14)21-22-19(11-27(2,3)12-20(22)33)30-24-23(21)25(34)32-26(31-24)35-13-16-8-9-17(29)10-18(16)28/h4-10,21H,11-13H2,1-3H3,(H2,30,31,32,34)/t21-/m0/s1. The van der Waals surface area contributed by atoms with Crippen molar-refractivity contribution in [3.05, 3.63) is 97.2 Å². The van der Waals surface area contributed by atoms with Gasteiger partial charge in [0, 0.05) is 34.4 Å². The van der Waals surface area contributed by atoms with Gasteiger partial charge in [0.15, 0.2) is 10.9 Å². The van der Waals surface area contributed by atoms with Crippen LogP contribution in [0.3, 0.4) is 0 Å². The van der Waals surface area contributed by atoms with E-state index in [4.69, 9.17) is 16.6 Å². The van der Waals surface area contributed by atoms with Crippen molar-refractivity contribution in [1.82, 2.24) is 9.97 Å². The number of allylic oxidation sites excluding steroid dienone is 2. The van der Waals surface area contributed by atoms with Gasteiger partial charge in [-0.15, -0.1) is 0 Å². The van der Waals surface area contributed by atoms with Crippen molar-refractivity contribution < 1.29 is 9.18 Å². The van der Waals surface area contributed by atoms with Crippen molar-refractivity contribution in [3.63, 3.8) is 0 Å². The zero-order valence-corrected chi connectivity index (χ0v) is 21.2. The molecule has 5 nitrogen and oxygen atoms in total. The minimum atomic E-state index is -0.479. The number of rotatable bonds is 4. The number of anilines is 1. The molecule has 1 aliphatic carbocycles. The van der Waals surface area contributed by atoms with Gasteiger partial charge in [0.05, 0.1) is 5.56 Å². The Hall–Kier alpha value is -2.90. The van der Waals surface area contributed by atoms with Crippen LogP contribution in [0.2, 0.25) is 5.02 Å². The van der Waals surface area contributed by atoms with Crippen molar-refractivity contribution in [3.8, 4) is 0 Å². The molecule has 1 aliphatic heterocycles. The largest absolute Gasteiger partial charge is 0.343 e. The second kappa shape index (κ2) is 8.95. The fraction of sp³-hybridized carbons (Fsp3) is 0.296. The minimum Gasteiger partial charge on any atom is -0.343 e. The number of carbonyl (C=O) groups is 1. The number of carbonyl (C=O) groups excluding carboxylic acids is 1. The summed E-state index contributed by atoms with van der Waals surface area (Å²) in [4.78, 5) is 34.3. The SMILES string of the molecule is Cc1ccc([C@H]2C3=C(CC(C)(C)CC3=O)Nc3nc(SCc4ccc(F)cc4Cl)[nH]c(=O)c32)cc1. The van der Waals surface area contributed by atoms with E-state index in [0.29, 0.717) is 45.7 Å². The molecule has 3 aromatic rings. The highest BCUT2D eigenvalue weighted by molar-refractivity contribution is 7.98. The Kier molecular flexibility index (Phi) is 6.09. The highest BCUT2D eigenvalue weighted by Crippen LogP contribution is 2.47. The Morgan fingerprint density at radius 3 is 2.60 bits per heavy atom. The first-order valence-electron chi connectivity index (χ1n) is 11.4. The molecule has 2 N–H and O–H groups in total. The van der Waals surface area contributed by atoms with Gasteiger partial charge >= 0.3 is 0 Å². The lowest BCUT2D eigenvalue weighted by Crippen LogP contribution is -2.37. The number of aromatic nitrogens is 2. The number of H-pyrrole nitrogens is 1. The number of aryl methyl sites for hydroxylation is 1. The van der Waals surface area contributed by atoms with Gasteiger partial charge in [0.25, 0.3) is 5.56 Å². The molecule has 180 valence electrons. The molecule has 0 saturated carbocycles. The molecule has 35 heavy (non-hydrogen) atoms. The lowest BCUT2D eigenvalue weighted by molar-refractivity contribution is -0.118. The van der Waals surface area contributed by atoms with Gasteiger partial charge in [-0.2, -0.15) is 0 Å². The average Bonchev–Trinajstić information content (AvgIpc) is 2.77. The van der Waals surface area contributed by atoms with E-state index in [-0.39, 0.29) is 16.8 Å². The first-order chi connectivity index (χ1) is 16.6. The smallest absolute Gasteiger partial charge is 0.257 e. The van der Waals surface area contributed by atoms with Crippen molar-refractivity contribution in [2.45, 2.75) is 50.4 Å². The summed E-state index contributed by atoms with van der Waals surface area (Å²) in [5, 5.41) is 4.09. The Balaban J connectivity index is 1.57. The Labute approximate surface area is 212 Å². The topological polar surface area (TPSA) is 74.8 Å². The Bertz CT molecular complexity index is 1430. The molecule has 0 radical (unpaired) electrons. The molecule has 1 atom stereocenters. The van der Waals surface area contributed by atoms with Crippen LogP contribution < -0.4 is 10.9 Å². The summed E-state index contributed by atoms with van der Waals surface area (Å²) >= 11 is 7.47. The first-order valence-corrected chi connectivity index (χ1v) is 12.8. The molecule has 2 heterocycles. The minimum absolute atomic E-state index is 0.0591. The number of hydrogen-bond acceptors (Lipinski definition) is 5. The zero-order chi connectivity index (χ0) is 24.9. The number of aromatic amines is 1. The van der Waals surface area contributed by atoms with Gasteiger partial charge in [0.1, 0.15) is 11.6 Å². The second-order valence-electron chi connectivity index (χ2n) is 9.96. The molecule has 0 unspecified atom stereocenters. The maximum absolute atomic E-state index is 13.4. The van der Waals surface area contributed by atoms with Crippen molar-refractivity contribution in [2.24, 2.45) is 5.41 Å². The number of hydrogen-bond donors (Lipinski definition) is 2. The number of nitrogens with one attached hydrogen (secondary N) is 2. The van der Waals surface area contributed by atoms with E-state index in [1.165, 1.54) is 23.9 Å². The third kappa shape index (κ3) is 4.67. The number of ketones is 1. The van der Waals surface area contributed by atoms with Crippen LogP contribution in [0.5, 0.6) is 0 Å². The molecular formula is C27H25ClFN3O2S. The molecule has 8 heteroatoms. The van der Waals surface area contributed by atoms with Gasteiger partial charge < -0.3 is 10.3 Å². The molecule has 0 amide bonds. The van der Waals surface area contributed by atoms with E-state index in [0.717, 1.165) is 22.4 Å². The predicted octanol–water partition coefficient (Wildman–Crippen LogP) is 6.36. The Morgan fingerprint density at radius 1 is 1.14 bits per heavy atom. The highest BCUT2D eigenvalue weighted by Gasteiger charge is 2.42. The van der Waals surface area contributed by atoms with Crippen LogP contribution in [0.1, 0.15) is 54.9 Å². The van der Waals surface area contributed by atoms with Crippen LogP contribution >= 0.6 is 23.4 Å². The normalized spacial score (nSPS) is 18.7. The van der Waals surface area contributed by atoms with Crippen LogP contribution in [0, 0.1) is 18.2 Å². The zero-order valence-electron chi connectivity index (χ0n) is 19.7. The van der Waals surface area contributed by atoms with E-state index < -0.39 is 11.7 Å². The molecule has 2 aliphatic rings. The van der Waals surface area contributed by atoms with Crippen LogP contribution in [-0.4, -0.2) is 15.8 Å². The lowest BCUT2D eigenvalue weighted by Gasteiger charge is -2.38. The van der Waals surface area contributed by atoms with Crippen molar-refractivity contribution in [1.29, 1.82) is 0 Å². The molecule has 2 aromatic carbocycles. The molecule has 0 saturated heterocycles. The fourth-order valence-electron chi connectivity index (χ4n) is 4.84. The first kappa shape index (κ1) is 23.8. The fourth-order valence-corrected chi connectivity index (χ4v) is 6.02. The summed E-state index contributed by atoms with van der Waals surface area (Å²) < 4.78 is 13.4. The molecule has 0 bridgehead atoms.